The molecule has 2 aromatic rings. The molecule has 8 heteroatoms. The number of aromatic nitrogens is 2. The lowest BCUT2D eigenvalue weighted by Gasteiger charge is -2.14. The molecule has 2 rings (SSSR count). The molecule has 20 heavy (non-hydrogen) atoms. The summed E-state index contributed by atoms with van der Waals surface area (Å²) in [6.45, 7) is 2.36. The number of hydrazine groups is 1. The molecule has 0 aliphatic carbocycles. The summed E-state index contributed by atoms with van der Waals surface area (Å²) in [7, 11) is 1.59. The maximum atomic E-state index is 5.94. The number of halogens is 1. The highest BCUT2D eigenvalue weighted by molar-refractivity contribution is 7.16. The summed E-state index contributed by atoms with van der Waals surface area (Å²) in [6, 6.07) is 5.70. The number of methoxy groups -OCH3 is 1. The summed E-state index contributed by atoms with van der Waals surface area (Å²) >= 11 is 7.48. The lowest BCUT2D eigenvalue weighted by molar-refractivity contribution is 0.178. The summed E-state index contributed by atoms with van der Waals surface area (Å²) < 4.78 is 5.80. The molecule has 6 nitrogen and oxygen atoms in total. The number of nitrogen functional groups attached to an aromatic ring is 1. The molecule has 0 aliphatic rings. The van der Waals surface area contributed by atoms with Gasteiger partial charge in [0.05, 0.1) is 10.4 Å². The average molecular weight is 314 g/mol. The van der Waals surface area contributed by atoms with Gasteiger partial charge in [-0.25, -0.2) is 15.8 Å². The van der Waals surface area contributed by atoms with Gasteiger partial charge in [0.2, 0.25) is 0 Å². The Balaban J connectivity index is 2.17. The quantitative estimate of drug-likeness (QED) is 0.561. The van der Waals surface area contributed by atoms with Crippen molar-refractivity contribution in [2.75, 3.05) is 17.9 Å². The van der Waals surface area contributed by atoms with Crippen LogP contribution in [-0.4, -0.2) is 17.1 Å². The molecule has 2 aromatic heterocycles. The van der Waals surface area contributed by atoms with Gasteiger partial charge in [-0.3, -0.25) is 0 Å². The topological polar surface area (TPSA) is 85.1 Å². The SMILES string of the molecule is COCc1nc(NN)cc(NC(C)c2ccc(Cl)s2)n1. The van der Waals surface area contributed by atoms with Gasteiger partial charge in [0.15, 0.2) is 5.82 Å². The van der Waals surface area contributed by atoms with E-state index in [1.54, 1.807) is 13.2 Å². The van der Waals surface area contributed by atoms with Crippen molar-refractivity contribution in [1.29, 1.82) is 0 Å². The second-order valence-corrected chi connectivity index (χ2v) is 5.89. The number of thiophene rings is 1. The van der Waals surface area contributed by atoms with Crippen LogP contribution >= 0.6 is 22.9 Å². The Morgan fingerprint density at radius 1 is 1.40 bits per heavy atom. The molecule has 1 atom stereocenters. The molecule has 1 unspecified atom stereocenters. The summed E-state index contributed by atoms with van der Waals surface area (Å²) in [4.78, 5) is 9.70. The molecular formula is C12H16ClN5OS. The van der Waals surface area contributed by atoms with E-state index in [0.29, 0.717) is 24.1 Å². The van der Waals surface area contributed by atoms with Crippen molar-refractivity contribution < 1.29 is 4.74 Å². The number of hydrogen-bond donors (Lipinski definition) is 3. The van der Waals surface area contributed by atoms with Crippen LogP contribution in [0.25, 0.3) is 0 Å². The van der Waals surface area contributed by atoms with Crippen molar-refractivity contribution in [3.8, 4) is 0 Å². The van der Waals surface area contributed by atoms with Gasteiger partial charge in [-0.05, 0) is 19.1 Å². The van der Waals surface area contributed by atoms with Crippen molar-refractivity contribution in [2.45, 2.75) is 19.6 Å². The fourth-order valence-corrected chi connectivity index (χ4v) is 2.76. The van der Waals surface area contributed by atoms with Crippen LogP contribution in [0.1, 0.15) is 23.7 Å². The fraction of sp³-hybridized carbons (Fsp3) is 0.333. The number of rotatable bonds is 6. The highest BCUT2D eigenvalue weighted by Crippen LogP contribution is 2.28. The Hall–Kier alpha value is -1.41. The first-order valence-electron chi connectivity index (χ1n) is 5.97. The van der Waals surface area contributed by atoms with Crippen LogP contribution in [0.5, 0.6) is 0 Å². The van der Waals surface area contributed by atoms with Crippen LogP contribution in [0.3, 0.4) is 0 Å². The van der Waals surface area contributed by atoms with Gasteiger partial charge in [0.25, 0.3) is 0 Å². The van der Waals surface area contributed by atoms with E-state index in [9.17, 15) is 0 Å². The Bertz CT molecular complexity index is 577. The van der Waals surface area contributed by atoms with E-state index < -0.39 is 0 Å². The first-order chi connectivity index (χ1) is 9.62. The molecule has 0 saturated heterocycles. The average Bonchev–Trinajstić information content (AvgIpc) is 2.85. The number of nitrogens with zero attached hydrogens (tertiary/aromatic N) is 2. The highest BCUT2D eigenvalue weighted by atomic mass is 35.5. The van der Waals surface area contributed by atoms with Gasteiger partial charge < -0.3 is 15.5 Å². The van der Waals surface area contributed by atoms with Crippen LogP contribution in [0.15, 0.2) is 18.2 Å². The predicted octanol–water partition coefficient (Wildman–Crippen LogP) is 2.80. The summed E-state index contributed by atoms with van der Waals surface area (Å²) in [5.41, 5.74) is 2.52. The summed E-state index contributed by atoms with van der Waals surface area (Å²) in [5.74, 6) is 7.17. The van der Waals surface area contributed by atoms with E-state index in [0.717, 1.165) is 9.21 Å². The molecule has 0 spiro atoms. The zero-order valence-electron chi connectivity index (χ0n) is 11.2. The zero-order valence-corrected chi connectivity index (χ0v) is 12.8. The highest BCUT2D eigenvalue weighted by Gasteiger charge is 2.11. The molecule has 0 bridgehead atoms. The molecule has 2 heterocycles. The number of nitrogens with one attached hydrogen (secondary N) is 2. The van der Waals surface area contributed by atoms with Crippen molar-refractivity contribution >= 4 is 34.6 Å². The van der Waals surface area contributed by atoms with Gasteiger partial charge in [0, 0.05) is 18.1 Å². The van der Waals surface area contributed by atoms with Crippen LogP contribution in [0.4, 0.5) is 11.6 Å². The predicted molar refractivity (Wildman–Crippen MR) is 81.9 cm³/mol. The standard InChI is InChI=1S/C12H16ClN5OS/c1-7(8-3-4-9(13)20-8)15-10-5-11(18-14)17-12(16-10)6-19-2/h3-5,7H,6,14H2,1-2H3,(H2,15,16,17,18). The first kappa shape index (κ1) is 15.0. The van der Waals surface area contributed by atoms with Crippen LogP contribution in [-0.2, 0) is 11.3 Å². The lowest BCUT2D eigenvalue weighted by Crippen LogP contribution is -2.13. The molecule has 4 N–H and O–H groups in total. The van der Waals surface area contributed by atoms with Crippen molar-refractivity contribution in [1.82, 2.24) is 9.97 Å². The second kappa shape index (κ2) is 6.85. The van der Waals surface area contributed by atoms with E-state index in [1.807, 2.05) is 19.1 Å². The van der Waals surface area contributed by atoms with Crippen molar-refractivity contribution in [3.63, 3.8) is 0 Å². The third-order valence-electron chi connectivity index (χ3n) is 2.58. The first-order valence-corrected chi connectivity index (χ1v) is 7.17. The smallest absolute Gasteiger partial charge is 0.158 e. The molecular weight excluding hydrogens is 298 g/mol. The minimum atomic E-state index is 0.0865. The molecule has 0 radical (unpaired) electrons. The minimum Gasteiger partial charge on any atom is -0.377 e. The van der Waals surface area contributed by atoms with Gasteiger partial charge in [-0.2, -0.15) is 0 Å². The van der Waals surface area contributed by atoms with Gasteiger partial charge in [0.1, 0.15) is 18.2 Å². The van der Waals surface area contributed by atoms with Gasteiger partial charge in [-0.1, -0.05) is 11.6 Å². The third-order valence-corrected chi connectivity index (χ3v) is 3.99. The molecule has 0 aromatic carbocycles. The van der Waals surface area contributed by atoms with E-state index in [2.05, 4.69) is 20.7 Å². The molecule has 0 fully saturated rings. The Kier molecular flexibility index (Phi) is 5.13. The Labute approximate surface area is 126 Å². The molecule has 0 aliphatic heterocycles. The van der Waals surface area contributed by atoms with E-state index in [4.69, 9.17) is 22.2 Å². The number of anilines is 2. The zero-order chi connectivity index (χ0) is 14.5. The monoisotopic (exact) mass is 313 g/mol. The molecule has 0 amide bonds. The number of nitrogens with two attached hydrogens (primary N) is 1. The largest absolute Gasteiger partial charge is 0.377 e. The van der Waals surface area contributed by atoms with Crippen LogP contribution in [0.2, 0.25) is 4.34 Å². The lowest BCUT2D eigenvalue weighted by atomic mass is 10.3. The Morgan fingerprint density at radius 2 is 2.15 bits per heavy atom. The van der Waals surface area contributed by atoms with E-state index in [1.165, 1.54) is 11.3 Å². The fourth-order valence-electron chi connectivity index (χ4n) is 1.69. The normalized spacial score (nSPS) is 12.2. The Morgan fingerprint density at radius 3 is 2.75 bits per heavy atom. The second-order valence-electron chi connectivity index (χ2n) is 4.14. The number of ether oxygens (including phenoxy) is 1. The molecule has 108 valence electrons. The van der Waals surface area contributed by atoms with Crippen molar-refractivity contribution in [2.24, 2.45) is 5.84 Å². The van der Waals surface area contributed by atoms with E-state index >= 15 is 0 Å². The molecule has 0 saturated carbocycles. The summed E-state index contributed by atoms with van der Waals surface area (Å²) in [5, 5.41) is 3.29. The minimum absolute atomic E-state index is 0.0865. The van der Waals surface area contributed by atoms with Crippen LogP contribution in [0, 0.1) is 0 Å². The van der Waals surface area contributed by atoms with E-state index in [-0.39, 0.29) is 6.04 Å². The maximum Gasteiger partial charge on any atom is 0.158 e. The van der Waals surface area contributed by atoms with Crippen LogP contribution < -0.4 is 16.6 Å². The summed E-state index contributed by atoms with van der Waals surface area (Å²) in [6.07, 6.45) is 0. The van der Waals surface area contributed by atoms with Gasteiger partial charge in [-0.15, -0.1) is 11.3 Å². The number of hydrogen-bond acceptors (Lipinski definition) is 7. The maximum absolute atomic E-state index is 5.94. The van der Waals surface area contributed by atoms with Gasteiger partial charge >= 0.3 is 0 Å². The third kappa shape index (κ3) is 3.80. The van der Waals surface area contributed by atoms with Crippen molar-refractivity contribution in [3.05, 3.63) is 33.2 Å².